The van der Waals surface area contributed by atoms with Crippen molar-refractivity contribution < 1.29 is 14.3 Å². The molecule has 1 aliphatic rings. The van der Waals surface area contributed by atoms with E-state index in [1.54, 1.807) is 0 Å². The lowest BCUT2D eigenvalue weighted by atomic mass is 9.83. The molecule has 1 heterocycles. The molecular formula is C26H44N2O3. The molecule has 0 aliphatic carbocycles. The Kier molecular flexibility index (Phi) is 10.8. The van der Waals surface area contributed by atoms with E-state index >= 15 is 0 Å². The molecule has 176 valence electrons. The van der Waals surface area contributed by atoms with E-state index in [-0.39, 0.29) is 5.91 Å². The first-order valence-electron chi connectivity index (χ1n) is 12.2. The van der Waals surface area contributed by atoms with Crippen molar-refractivity contribution >= 4 is 11.6 Å². The largest absolute Gasteiger partial charge is 0.494 e. The van der Waals surface area contributed by atoms with E-state index in [9.17, 15) is 4.79 Å². The average Bonchev–Trinajstić information content (AvgIpc) is 3.23. The molecule has 1 N–H and O–H groups in total. The summed E-state index contributed by atoms with van der Waals surface area (Å²) in [6.07, 6.45) is 6.03. The molecule has 0 bridgehead atoms. The fourth-order valence-electron chi connectivity index (χ4n) is 4.43. The first kappa shape index (κ1) is 25.7. The lowest BCUT2D eigenvalue weighted by molar-refractivity contribution is -0.147. The Morgan fingerprint density at radius 3 is 2.19 bits per heavy atom. The molecule has 0 atom stereocenters. The number of nitrogens with zero attached hydrogens (tertiary/aromatic N) is 1. The molecule has 1 aromatic rings. The molecule has 0 spiro atoms. The van der Waals surface area contributed by atoms with Gasteiger partial charge in [-0.1, -0.05) is 34.6 Å². The molecule has 0 unspecified atom stereocenters. The van der Waals surface area contributed by atoms with Crippen LogP contribution in [0.15, 0.2) is 24.3 Å². The Morgan fingerprint density at radius 1 is 1.03 bits per heavy atom. The highest BCUT2D eigenvalue weighted by atomic mass is 16.5. The van der Waals surface area contributed by atoms with Gasteiger partial charge in [-0.15, -0.1) is 0 Å². The smallest absolute Gasteiger partial charge is 0.256 e. The van der Waals surface area contributed by atoms with Gasteiger partial charge in [0.15, 0.2) is 0 Å². The molecule has 0 aromatic heterocycles. The van der Waals surface area contributed by atoms with Crippen LogP contribution in [0.4, 0.5) is 5.69 Å². The van der Waals surface area contributed by atoms with Crippen molar-refractivity contribution in [3.63, 3.8) is 0 Å². The Labute approximate surface area is 189 Å². The number of rotatable bonds is 14. The van der Waals surface area contributed by atoms with Gasteiger partial charge in [-0.3, -0.25) is 4.79 Å². The maximum atomic E-state index is 13.4. The summed E-state index contributed by atoms with van der Waals surface area (Å²) in [4.78, 5) is 15.9. The third-order valence-electron chi connectivity index (χ3n) is 5.67. The zero-order valence-corrected chi connectivity index (χ0v) is 20.4. The molecule has 1 aromatic carbocycles. The standard InChI is InChI=1S/C26H44N2O3/c1-6-17-31-26(19-21(2)3,20-22(4)5)25(29)27-23-10-12-24(13-11-23)30-18-9-16-28-14-7-8-15-28/h10-13,21-22H,6-9,14-20H2,1-5H3,(H,27,29). The van der Waals surface area contributed by atoms with Crippen LogP contribution in [0.1, 0.15) is 73.1 Å². The quantitative estimate of drug-likeness (QED) is 0.380. The molecule has 5 nitrogen and oxygen atoms in total. The van der Waals surface area contributed by atoms with Crippen molar-refractivity contribution in [2.75, 3.05) is 38.2 Å². The molecule has 1 aliphatic heterocycles. The van der Waals surface area contributed by atoms with Crippen molar-refractivity contribution in [2.45, 2.75) is 78.7 Å². The van der Waals surface area contributed by atoms with Crippen molar-refractivity contribution in [1.82, 2.24) is 4.90 Å². The van der Waals surface area contributed by atoms with E-state index < -0.39 is 5.60 Å². The van der Waals surface area contributed by atoms with Gasteiger partial charge in [0.25, 0.3) is 5.91 Å². The van der Waals surface area contributed by atoms with Gasteiger partial charge in [0.2, 0.25) is 0 Å². The number of benzene rings is 1. The van der Waals surface area contributed by atoms with Crippen LogP contribution in [-0.4, -0.2) is 49.3 Å². The molecule has 2 rings (SSSR count). The molecule has 0 radical (unpaired) electrons. The lowest BCUT2D eigenvalue weighted by Crippen LogP contribution is -2.47. The van der Waals surface area contributed by atoms with Crippen LogP contribution in [-0.2, 0) is 9.53 Å². The number of hydrogen-bond acceptors (Lipinski definition) is 4. The summed E-state index contributed by atoms with van der Waals surface area (Å²) in [5, 5.41) is 3.11. The van der Waals surface area contributed by atoms with Gasteiger partial charge in [-0.25, -0.2) is 0 Å². The number of nitrogens with one attached hydrogen (secondary N) is 1. The minimum Gasteiger partial charge on any atom is -0.494 e. The highest BCUT2D eigenvalue weighted by Gasteiger charge is 2.40. The predicted molar refractivity (Wildman–Crippen MR) is 129 cm³/mol. The summed E-state index contributed by atoms with van der Waals surface area (Å²) in [7, 11) is 0. The number of amides is 1. The summed E-state index contributed by atoms with van der Waals surface area (Å²) in [5.74, 6) is 1.55. The summed E-state index contributed by atoms with van der Waals surface area (Å²) >= 11 is 0. The summed E-state index contributed by atoms with van der Waals surface area (Å²) in [5.41, 5.74) is -0.00490. The second-order valence-electron chi connectivity index (χ2n) is 9.77. The lowest BCUT2D eigenvalue weighted by Gasteiger charge is -2.35. The van der Waals surface area contributed by atoms with Crippen LogP contribution < -0.4 is 10.1 Å². The fraction of sp³-hybridized carbons (Fsp3) is 0.731. The number of carbonyl (C=O) groups is 1. The average molecular weight is 433 g/mol. The molecule has 0 saturated carbocycles. The highest BCUT2D eigenvalue weighted by molar-refractivity contribution is 5.97. The van der Waals surface area contributed by atoms with Crippen LogP contribution in [0.25, 0.3) is 0 Å². The van der Waals surface area contributed by atoms with E-state index in [1.165, 1.54) is 25.9 Å². The minimum atomic E-state index is -0.789. The zero-order valence-electron chi connectivity index (χ0n) is 20.4. The zero-order chi connectivity index (χ0) is 22.7. The first-order chi connectivity index (χ1) is 14.8. The molecule has 1 fully saturated rings. The van der Waals surface area contributed by atoms with Crippen LogP contribution in [0, 0.1) is 11.8 Å². The van der Waals surface area contributed by atoms with Crippen LogP contribution in [0.5, 0.6) is 5.75 Å². The third-order valence-corrected chi connectivity index (χ3v) is 5.67. The maximum absolute atomic E-state index is 13.4. The number of ether oxygens (including phenoxy) is 2. The van der Waals surface area contributed by atoms with Gasteiger partial charge in [0, 0.05) is 18.8 Å². The highest BCUT2D eigenvalue weighted by Crippen LogP contribution is 2.31. The number of likely N-dealkylation sites (tertiary alicyclic amines) is 1. The van der Waals surface area contributed by atoms with Crippen molar-refractivity contribution in [2.24, 2.45) is 11.8 Å². The van der Waals surface area contributed by atoms with Gasteiger partial charge >= 0.3 is 0 Å². The van der Waals surface area contributed by atoms with Gasteiger partial charge in [0.1, 0.15) is 11.4 Å². The fourth-order valence-corrected chi connectivity index (χ4v) is 4.43. The normalized spacial score (nSPS) is 15.1. The topological polar surface area (TPSA) is 50.8 Å². The van der Waals surface area contributed by atoms with Crippen molar-refractivity contribution in [1.29, 1.82) is 0 Å². The van der Waals surface area contributed by atoms with Gasteiger partial charge < -0.3 is 19.7 Å². The van der Waals surface area contributed by atoms with E-state index in [0.29, 0.717) is 18.4 Å². The Bertz CT molecular complexity index is 627. The SMILES string of the molecule is CCCOC(CC(C)C)(CC(C)C)C(=O)Nc1ccc(OCCCN2CCCC2)cc1. The molecule has 1 amide bonds. The van der Waals surface area contributed by atoms with Gasteiger partial charge in [0.05, 0.1) is 6.61 Å². The van der Waals surface area contributed by atoms with E-state index in [2.05, 4.69) is 44.8 Å². The number of hydrogen-bond donors (Lipinski definition) is 1. The molecule has 31 heavy (non-hydrogen) atoms. The van der Waals surface area contributed by atoms with Crippen LogP contribution >= 0.6 is 0 Å². The number of anilines is 1. The molecule has 5 heteroatoms. The second-order valence-corrected chi connectivity index (χ2v) is 9.77. The summed E-state index contributed by atoms with van der Waals surface area (Å²) < 4.78 is 12.1. The second kappa shape index (κ2) is 13.1. The van der Waals surface area contributed by atoms with Crippen LogP contribution in [0.3, 0.4) is 0 Å². The van der Waals surface area contributed by atoms with Crippen LogP contribution in [0.2, 0.25) is 0 Å². The Hall–Kier alpha value is -1.59. The van der Waals surface area contributed by atoms with Crippen molar-refractivity contribution in [3.8, 4) is 5.75 Å². The van der Waals surface area contributed by atoms with Gasteiger partial charge in [-0.2, -0.15) is 0 Å². The Balaban J connectivity index is 1.93. The summed E-state index contributed by atoms with van der Waals surface area (Å²) in [6, 6.07) is 7.71. The first-order valence-corrected chi connectivity index (χ1v) is 12.2. The summed E-state index contributed by atoms with van der Waals surface area (Å²) in [6.45, 7) is 15.5. The van der Waals surface area contributed by atoms with E-state index in [1.807, 2.05) is 24.3 Å². The molecular weight excluding hydrogens is 388 g/mol. The minimum absolute atomic E-state index is 0.0392. The number of carbonyl (C=O) groups excluding carboxylic acids is 1. The Morgan fingerprint density at radius 2 is 1.65 bits per heavy atom. The molecule has 1 saturated heterocycles. The van der Waals surface area contributed by atoms with E-state index in [4.69, 9.17) is 9.47 Å². The monoisotopic (exact) mass is 432 g/mol. The third kappa shape index (κ3) is 8.82. The van der Waals surface area contributed by atoms with E-state index in [0.717, 1.165) is 50.3 Å². The van der Waals surface area contributed by atoms with Gasteiger partial charge in [-0.05, 0) is 87.7 Å². The maximum Gasteiger partial charge on any atom is 0.256 e. The predicted octanol–water partition coefficient (Wildman–Crippen LogP) is 5.75. The van der Waals surface area contributed by atoms with Crippen molar-refractivity contribution in [3.05, 3.63) is 24.3 Å².